The van der Waals surface area contributed by atoms with Crippen molar-refractivity contribution in [2.75, 3.05) is 5.32 Å². The molecule has 33 heavy (non-hydrogen) atoms. The molecule has 0 saturated heterocycles. The van der Waals surface area contributed by atoms with Crippen molar-refractivity contribution >= 4 is 22.8 Å². The lowest BCUT2D eigenvalue weighted by Gasteiger charge is -2.22. The van der Waals surface area contributed by atoms with Gasteiger partial charge in [0, 0.05) is 30.2 Å². The van der Waals surface area contributed by atoms with Gasteiger partial charge in [0.2, 0.25) is 5.91 Å². The Balaban J connectivity index is 1.50. The van der Waals surface area contributed by atoms with Crippen LogP contribution in [0.1, 0.15) is 44.5 Å². The molecule has 2 aliphatic rings. The quantitative estimate of drug-likeness (QED) is 0.498. The Morgan fingerprint density at radius 3 is 2.64 bits per heavy atom. The van der Waals surface area contributed by atoms with Crippen LogP contribution in [0.5, 0.6) is 0 Å². The van der Waals surface area contributed by atoms with E-state index in [1.807, 2.05) is 19.1 Å². The van der Waals surface area contributed by atoms with E-state index in [0.717, 1.165) is 51.5 Å². The number of hydrogen-bond donors (Lipinski definition) is 1. The maximum absolute atomic E-state index is 12.9. The third-order valence-corrected chi connectivity index (χ3v) is 6.92. The van der Waals surface area contributed by atoms with Crippen LogP contribution in [0.4, 0.5) is 5.69 Å². The van der Waals surface area contributed by atoms with E-state index in [-0.39, 0.29) is 5.91 Å². The zero-order chi connectivity index (χ0) is 22.7. The summed E-state index contributed by atoms with van der Waals surface area (Å²) in [5.41, 5.74) is 5.48. The molecular formula is C25H25N7O. The average Bonchev–Trinajstić information content (AvgIpc) is 3.49. The lowest BCUT2D eigenvalue weighted by molar-refractivity contribution is -0.120. The highest BCUT2D eigenvalue weighted by Gasteiger charge is 2.46. The molecule has 0 radical (unpaired) electrons. The SMILES string of the molecule is CCn1c(-c2cnc(C)nc2)nc2c(-c3ccc4c(c3)C(C)(CC3CC3)C(=O)N4)ncnc21. The van der Waals surface area contributed by atoms with Gasteiger partial charge in [-0.1, -0.05) is 18.9 Å². The van der Waals surface area contributed by atoms with E-state index in [1.165, 1.54) is 12.8 Å². The Labute approximate surface area is 191 Å². The first-order valence-corrected chi connectivity index (χ1v) is 11.4. The molecule has 1 aromatic carbocycles. The van der Waals surface area contributed by atoms with Crippen LogP contribution in [-0.4, -0.2) is 35.4 Å². The van der Waals surface area contributed by atoms with Crippen molar-refractivity contribution in [3.63, 3.8) is 0 Å². The first-order chi connectivity index (χ1) is 16.0. The molecule has 0 spiro atoms. The molecule has 4 heterocycles. The summed E-state index contributed by atoms with van der Waals surface area (Å²) in [6.45, 7) is 6.70. The predicted octanol–water partition coefficient (Wildman–Crippen LogP) is 4.29. The minimum atomic E-state index is -0.508. The van der Waals surface area contributed by atoms with Gasteiger partial charge in [-0.2, -0.15) is 0 Å². The highest BCUT2D eigenvalue weighted by atomic mass is 16.2. The minimum Gasteiger partial charge on any atom is -0.325 e. The third kappa shape index (κ3) is 3.12. The Morgan fingerprint density at radius 2 is 1.91 bits per heavy atom. The van der Waals surface area contributed by atoms with E-state index in [2.05, 4.69) is 49.7 Å². The molecule has 4 aromatic rings. The number of hydrogen-bond acceptors (Lipinski definition) is 6. The standard InChI is InChI=1S/C25H25N7O/c1-4-32-22(17-11-26-14(2)27-12-17)31-21-20(28-13-29-23(21)32)16-7-8-19-18(9-16)25(3,24(33)30-19)10-15-5-6-15/h7-9,11-13,15H,4-6,10H2,1-3H3,(H,30,33). The van der Waals surface area contributed by atoms with E-state index in [4.69, 9.17) is 4.98 Å². The molecule has 1 saturated carbocycles. The molecule has 1 aliphatic heterocycles. The molecule has 1 unspecified atom stereocenters. The number of carbonyl (C=O) groups is 1. The number of benzene rings is 1. The summed E-state index contributed by atoms with van der Waals surface area (Å²) in [5, 5.41) is 3.08. The third-order valence-electron chi connectivity index (χ3n) is 6.92. The fraction of sp³-hybridized carbons (Fsp3) is 0.360. The number of anilines is 1. The second-order valence-electron chi connectivity index (χ2n) is 9.29. The maximum Gasteiger partial charge on any atom is 0.234 e. The summed E-state index contributed by atoms with van der Waals surface area (Å²) in [6, 6.07) is 6.10. The minimum absolute atomic E-state index is 0.0892. The molecule has 1 N–H and O–H groups in total. The van der Waals surface area contributed by atoms with Gasteiger partial charge in [0.25, 0.3) is 0 Å². The van der Waals surface area contributed by atoms with Gasteiger partial charge < -0.3 is 9.88 Å². The first kappa shape index (κ1) is 20.0. The summed E-state index contributed by atoms with van der Waals surface area (Å²) in [5.74, 6) is 2.21. The largest absolute Gasteiger partial charge is 0.325 e. The average molecular weight is 440 g/mol. The summed E-state index contributed by atoms with van der Waals surface area (Å²) in [7, 11) is 0. The van der Waals surface area contributed by atoms with E-state index < -0.39 is 5.41 Å². The van der Waals surface area contributed by atoms with Gasteiger partial charge in [0.05, 0.1) is 11.0 Å². The molecule has 0 bridgehead atoms. The highest BCUT2D eigenvalue weighted by Crippen LogP contribution is 2.48. The van der Waals surface area contributed by atoms with Gasteiger partial charge >= 0.3 is 0 Å². The van der Waals surface area contributed by atoms with Crippen molar-refractivity contribution in [1.29, 1.82) is 0 Å². The van der Waals surface area contributed by atoms with Crippen LogP contribution < -0.4 is 5.32 Å². The van der Waals surface area contributed by atoms with Crippen molar-refractivity contribution < 1.29 is 4.79 Å². The van der Waals surface area contributed by atoms with Crippen LogP contribution in [0.3, 0.4) is 0 Å². The van der Waals surface area contributed by atoms with E-state index in [1.54, 1.807) is 18.7 Å². The number of amides is 1. The van der Waals surface area contributed by atoms with E-state index >= 15 is 0 Å². The second kappa shape index (κ2) is 7.16. The Bertz CT molecular complexity index is 1400. The summed E-state index contributed by atoms with van der Waals surface area (Å²) < 4.78 is 2.06. The van der Waals surface area contributed by atoms with Gasteiger partial charge in [0.1, 0.15) is 29.2 Å². The summed E-state index contributed by atoms with van der Waals surface area (Å²) in [6.07, 6.45) is 8.48. The number of imidazole rings is 1. The maximum atomic E-state index is 12.9. The van der Waals surface area contributed by atoms with Crippen LogP contribution in [-0.2, 0) is 16.8 Å². The van der Waals surface area contributed by atoms with Crippen molar-refractivity contribution in [1.82, 2.24) is 29.5 Å². The normalized spacial score (nSPS) is 19.7. The fourth-order valence-electron chi connectivity index (χ4n) is 4.92. The Morgan fingerprint density at radius 1 is 1.12 bits per heavy atom. The zero-order valence-corrected chi connectivity index (χ0v) is 19.0. The molecule has 6 rings (SSSR count). The van der Waals surface area contributed by atoms with Crippen LogP contribution in [0.2, 0.25) is 0 Å². The molecule has 3 aromatic heterocycles. The van der Waals surface area contributed by atoms with Crippen molar-refractivity contribution in [2.45, 2.75) is 52.0 Å². The van der Waals surface area contributed by atoms with Crippen LogP contribution in [0, 0.1) is 12.8 Å². The molecule has 166 valence electrons. The number of carbonyl (C=O) groups excluding carboxylic acids is 1. The second-order valence-corrected chi connectivity index (χ2v) is 9.29. The lowest BCUT2D eigenvalue weighted by Crippen LogP contribution is -2.31. The van der Waals surface area contributed by atoms with Gasteiger partial charge in [-0.15, -0.1) is 0 Å². The molecule has 1 amide bonds. The van der Waals surface area contributed by atoms with E-state index in [9.17, 15) is 4.79 Å². The number of nitrogens with zero attached hydrogens (tertiary/aromatic N) is 6. The van der Waals surface area contributed by atoms with Crippen LogP contribution >= 0.6 is 0 Å². The monoisotopic (exact) mass is 439 g/mol. The number of fused-ring (bicyclic) bond motifs is 2. The Kier molecular flexibility index (Phi) is 4.33. The smallest absolute Gasteiger partial charge is 0.234 e. The van der Waals surface area contributed by atoms with Gasteiger partial charge in [-0.05, 0) is 50.8 Å². The first-order valence-electron chi connectivity index (χ1n) is 11.4. The number of rotatable bonds is 5. The molecule has 1 aliphatic carbocycles. The van der Waals surface area contributed by atoms with Gasteiger partial charge in [-0.3, -0.25) is 4.79 Å². The molecule has 1 atom stereocenters. The molecule has 8 nitrogen and oxygen atoms in total. The highest BCUT2D eigenvalue weighted by molar-refractivity contribution is 6.06. The van der Waals surface area contributed by atoms with Crippen LogP contribution in [0.15, 0.2) is 36.9 Å². The van der Waals surface area contributed by atoms with Crippen molar-refractivity contribution in [3.8, 4) is 22.6 Å². The van der Waals surface area contributed by atoms with Crippen LogP contribution in [0.25, 0.3) is 33.8 Å². The van der Waals surface area contributed by atoms with E-state index in [0.29, 0.717) is 18.3 Å². The summed E-state index contributed by atoms with van der Waals surface area (Å²) in [4.78, 5) is 35.6. The Hall–Kier alpha value is -3.68. The number of nitrogens with one attached hydrogen (secondary N) is 1. The predicted molar refractivity (Wildman–Crippen MR) is 126 cm³/mol. The molecule has 1 fully saturated rings. The molecule has 8 heteroatoms. The fourth-order valence-corrected chi connectivity index (χ4v) is 4.92. The number of aromatic nitrogens is 6. The molecular weight excluding hydrogens is 414 g/mol. The van der Waals surface area contributed by atoms with Gasteiger partial charge in [0.15, 0.2) is 5.65 Å². The lowest BCUT2D eigenvalue weighted by atomic mass is 9.78. The summed E-state index contributed by atoms with van der Waals surface area (Å²) >= 11 is 0. The topological polar surface area (TPSA) is 98.5 Å². The van der Waals surface area contributed by atoms with Gasteiger partial charge in [-0.25, -0.2) is 24.9 Å². The zero-order valence-electron chi connectivity index (χ0n) is 19.0. The van der Waals surface area contributed by atoms with Crippen molar-refractivity contribution in [2.24, 2.45) is 5.92 Å². The number of aryl methyl sites for hydroxylation is 2. The van der Waals surface area contributed by atoms with Crippen molar-refractivity contribution in [3.05, 3.63) is 48.3 Å².